The summed E-state index contributed by atoms with van der Waals surface area (Å²) in [6, 6.07) is 12.7. The van der Waals surface area contributed by atoms with E-state index in [0.29, 0.717) is 34.7 Å². The number of carbonyl (C=O) groups is 3. The van der Waals surface area contributed by atoms with E-state index in [9.17, 15) is 19.5 Å². The Morgan fingerprint density at radius 3 is 2.47 bits per heavy atom. The van der Waals surface area contributed by atoms with Gasteiger partial charge in [-0.15, -0.1) is 22.7 Å². The van der Waals surface area contributed by atoms with E-state index < -0.39 is 5.97 Å². The van der Waals surface area contributed by atoms with Crippen molar-refractivity contribution in [3.8, 4) is 9.75 Å². The highest BCUT2D eigenvalue weighted by molar-refractivity contribution is 7.23. The van der Waals surface area contributed by atoms with Crippen molar-refractivity contribution < 1.29 is 24.2 Å². The minimum absolute atomic E-state index is 0.133. The molecule has 1 spiro atoms. The molecule has 11 heteroatoms. The van der Waals surface area contributed by atoms with Crippen LogP contribution in [0.5, 0.6) is 0 Å². The Bertz CT molecular complexity index is 1830. The van der Waals surface area contributed by atoms with Crippen LogP contribution in [0.25, 0.3) is 9.75 Å². The zero-order valence-electron chi connectivity index (χ0n) is 26.6. The van der Waals surface area contributed by atoms with Crippen LogP contribution in [0, 0.1) is 5.41 Å². The summed E-state index contributed by atoms with van der Waals surface area (Å²) in [5.74, 6) is -0.486. The normalized spacial score (nSPS) is 17.4. The van der Waals surface area contributed by atoms with Crippen molar-refractivity contribution in [3.63, 3.8) is 0 Å². The number of fused-ring (bicyclic) bond motifs is 4. The quantitative estimate of drug-likeness (QED) is 0.232. The predicted molar refractivity (Wildman–Crippen MR) is 187 cm³/mol. The fourth-order valence-corrected chi connectivity index (χ4v) is 9.25. The van der Waals surface area contributed by atoms with Crippen LogP contribution < -0.4 is 15.1 Å². The third-order valence-electron chi connectivity index (χ3n) is 9.58. The summed E-state index contributed by atoms with van der Waals surface area (Å²) in [5, 5.41) is 14.5. The van der Waals surface area contributed by atoms with Crippen LogP contribution in [0.2, 0.25) is 0 Å². The Balaban J connectivity index is 0.00000172. The highest BCUT2D eigenvalue weighted by Gasteiger charge is 2.45. The number of carbonyl (C=O) groups excluding carboxylic acids is 2. The molecule has 0 radical (unpaired) electrons. The van der Waals surface area contributed by atoms with E-state index in [4.69, 9.17) is 9.72 Å². The average molecular weight is 671 g/mol. The smallest absolute Gasteiger partial charge is 0.345 e. The first-order valence-corrected chi connectivity index (χ1v) is 18.1. The van der Waals surface area contributed by atoms with Crippen LogP contribution in [-0.4, -0.2) is 60.7 Å². The second kappa shape index (κ2) is 12.9. The number of carboxylic acids is 1. The molecule has 9 nitrogen and oxygen atoms in total. The molecule has 0 unspecified atom stereocenters. The lowest BCUT2D eigenvalue weighted by Gasteiger charge is -2.53. The van der Waals surface area contributed by atoms with Gasteiger partial charge in [0, 0.05) is 55.2 Å². The zero-order chi connectivity index (χ0) is 32.7. The van der Waals surface area contributed by atoms with Crippen molar-refractivity contribution >= 4 is 57.6 Å². The number of aromatic carboxylic acids is 1. The molecule has 0 saturated carbocycles. The number of ether oxygens (including phenoxy) is 1. The number of hydrogen-bond donors (Lipinski definition) is 2. The number of anilines is 3. The van der Waals surface area contributed by atoms with Crippen molar-refractivity contribution in [2.45, 2.75) is 52.4 Å². The molecule has 0 atom stereocenters. The summed E-state index contributed by atoms with van der Waals surface area (Å²) < 4.78 is 5.59. The number of thiophene rings is 2. The van der Waals surface area contributed by atoms with Crippen LogP contribution in [0.15, 0.2) is 47.8 Å². The third-order valence-corrected chi connectivity index (χ3v) is 11.8. The Kier molecular flexibility index (Phi) is 8.63. The molecule has 2 saturated heterocycles. The number of aryl methyl sites for hydroxylation is 2. The molecule has 3 aliphatic heterocycles. The number of amides is 2. The van der Waals surface area contributed by atoms with Gasteiger partial charge in [0.1, 0.15) is 10.7 Å². The summed E-state index contributed by atoms with van der Waals surface area (Å²) >= 11 is 2.77. The van der Waals surface area contributed by atoms with E-state index in [1.807, 2.05) is 31.4 Å². The lowest BCUT2D eigenvalue weighted by atomic mass is 9.73. The maximum Gasteiger partial charge on any atom is 0.345 e. The van der Waals surface area contributed by atoms with E-state index >= 15 is 0 Å². The summed E-state index contributed by atoms with van der Waals surface area (Å²) in [6.07, 6.45) is 5.62. The lowest BCUT2D eigenvalue weighted by molar-refractivity contribution is -0.000521. The molecule has 47 heavy (non-hydrogen) atoms. The maximum absolute atomic E-state index is 13.7. The summed E-state index contributed by atoms with van der Waals surface area (Å²) in [5.41, 5.74) is 6.01. The highest BCUT2D eigenvalue weighted by atomic mass is 32.1. The van der Waals surface area contributed by atoms with Gasteiger partial charge < -0.3 is 25.0 Å². The number of carboxylic acid groups (broad SMARTS) is 1. The lowest BCUT2D eigenvalue weighted by Crippen LogP contribution is -2.59. The van der Waals surface area contributed by atoms with Crippen molar-refractivity contribution in [1.29, 1.82) is 0 Å². The number of rotatable bonds is 5. The van der Waals surface area contributed by atoms with Gasteiger partial charge in [-0.25, -0.2) is 9.78 Å². The van der Waals surface area contributed by atoms with Gasteiger partial charge >= 0.3 is 5.97 Å². The molecule has 8 rings (SSSR count). The summed E-state index contributed by atoms with van der Waals surface area (Å²) in [6.45, 7) is 7.84. The molecule has 0 bridgehead atoms. The van der Waals surface area contributed by atoms with Gasteiger partial charge in [0.2, 0.25) is 0 Å². The first kappa shape index (κ1) is 31.5. The van der Waals surface area contributed by atoms with Crippen LogP contribution in [0.4, 0.5) is 17.2 Å². The van der Waals surface area contributed by atoms with E-state index in [1.54, 1.807) is 35.2 Å². The van der Waals surface area contributed by atoms with Crippen LogP contribution >= 0.6 is 22.7 Å². The van der Waals surface area contributed by atoms with Crippen molar-refractivity contribution in [1.82, 2.24) is 4.98 Å². The predicted octanol–water partition coefficient (Wildman–Crippen LogP) is 7.16. The maximum atomic E-state index is 13.7. The first-order valence-electron chi connectivity index (χ1n) is 16.4. The van der Waals surface area contributed by atoms with Gasteiger partial charge in [-0.3, -0.25) is 9.59 Å². The van der Waals surface area contributed by atoms with E-state index in [0.717, 1.165) is 96.5 Å². The first-order chi connectivity index (χ1) is 22.9. The van der Waals surface area contributed by atoms with Crippen molar-refractivity contribution in [3.05, 3.63) is 80.7 Å². The average Bonchev–Trinajstić information content (AvgIpc) is 3.83. The van der Waals surface area contributed by atoms with Crippen molar-refractivity contribution in [2.75, 3.05) is 48.0 Å². The van der Waals surface area contributed by atoms with Crippen LogP contribution in [-0.2, 0) is 24.0 Å². The molecule has 1 aliphatic carbocycles. The second-order valence-electron chi connectivity index (χ2n) is 12.4. The molecule has 244 valence electrons. The standard InChI is InChI=1S/C34H32N4O5S2.C2H6/c39-31(24-16-21-2-1-3-25(21)36-30(24)37-18-34(19-37)10-13-43-14-11-34)35-23-6-4-20(5-7-23)32(40)38-12-8-22-17-27(33(41)42)45-28(22)29-26(38)9-15-44-29;1-2/h4-7,9,15-17H,1-3,8,10-14,18-19H2,(H,35,39)(H,41,42);1-2H3. The Morgan fingerprint density at radius 1 is 0.957 bits per heavy atom. The van der Waals surface area contributed by atoms with Crippen LogP contribution in [0.1, 0.15) is 80.3 Å². The number of pyridine rings is 1. The summed E-state index contributed by atoms with van der Waals surface area (Å²) in [4.78, 5) is 50.2. The van der Waals surface area contributed by atoms with Crippen molar-refractivity contribution in [2.24, 2.45) is 5.41 Å². The number of benzene rings is 1. The van der Waals surface area contributed by atoms with Crippen LogP contribution in [0.3, 0.4) is 0 Å². The monoisotopic (exact) mass is 670 g/mol. The topological polar surface area (TPSA) is 112 Å². The van der Waals surface area contributed by atoms with Gasteiger partial charge in [-0.1, -0.05) is 13.8 Å². The van der Waals surface area contributed by atoms with Gasteiger partial charge in [-0.2, -0.15) is 0 Å². The minimum atomic E-state index is -0.932. The molecular weight excluding hydrogens is 633 g/mol. The molecule has 6 heterocycles. The third kappa shape index (κ3) is 5.85. The van der Waals surface area contributed by atoms with E-state index in [1.165, 1.54) is 22.7 Å². The summed E-state index contributed by atoms with van der Waals surface area (Å²) in [7, 11) is 0. The highest BCUT2D eigenvalue weighted by Crippen LogP contribution is 2.46. The largest absolute Gasteiger partial charge is 0.477 e. The van der Waals surface area contributed by atoms with E-state index in [-0.39, 0.29) is 17.2 Å². The number of hydrogen-bond acceptors (Lipinski definition) is 8. The number of nitrogens with one attached hydrogen (secondary N) is 1. The molecule has 2 amide bonds. The molecular formula is C36H38N4O5S2. The Hall–Kier alpha value is -4.06. The second-order valence-corrected chi connectivity index (χ2v) is 14.4. The van der Waals surface area contributed by atoms with Gasteiger partial charge in [0.05, 0.1) is 21.0 Å². The number of nitrogens with zero attached hydrogens (tertiary/aromatic N) is 3. The molecule has 4 aromatic rings. The molecule has 2 N–H and O–H groups in total. The SMILES string of the molecule is CC.O=C(O)c1cc2c(s1)-c1sccc1N(C(=O)c1ccc(NC(=O)c3cc4c(nc3N3CC5(CCOCC5)C3)CCC4)cc1)CC2. The Morgan fingerprint density at radius 2 is 1.72 bits per heavy atom. The fourth-order valence-electron chi connectivity index (χ4n) is 7.11. The molecule has 2 fully saturated rings. The van der Waals surface area contributed by atoms with Gasteiger partial charge in [-0.05, 0) is 97.5 Å². The van der Waals surface area contributed by atoms with E-state index in [2.05, 4.69) is 10.2 Å². The van der Waals surface area contributed by atoms with Gasteiger partial charge in [0.15, 0.2) is 0 Å². The molecule has 3 aromatic heterocycles. The number of aromatic nitrogens is 1. The molecule has 1 aromatic carbocycles. The fraction of sp³-hybridized carbons (Fsp3) is 0.389. The Labute approximate surface area is 282 Å². The zero-order valence-corrected chi connectivity index (χ0v) is 28.3. The van der Waals surface area contributed by atoms with Gasteiger partial charge in [0.25, 0.3) is 11.8 Å². The minimum Gasteiger partial charge on any atom is -0.477 e. The molecule has 4 aliphatic rings.